The van der Waals surface area contributed by atoms with E-state index in [9.17, 15) is 29.8 Å². The predicted molar refractivity (Wildman–Crippen MR) is 108 cm³/mol. The molecule has 2 N–H and O–H groups in total. The molecule has 12 heteroatoms. The summed E-state index contributed by atoms with van der Waals surface area (Å²) in [5.41, 5.74) is 1.46. The van der Waals surface area contributed by atoms with Gasteiger partial charge in [-0.25, -0.2) is 5.43 Å². The molecule has 2 aromatic carbocycles. The van der Waals surface area contributed by atoms with Crippen molar-refractivity contribution in [1.82, 2.24) is 5.43 Å². The van der Waals surface area contributed by atoms with E-state index in [1.807, 2.05) is 0 Å². The quantitative estimate of drug-likeness (QED) is 0.363. The maximum absolute atomic E-state index is 12.1. The molecule has 2 aromatic rings. The van der Waals surface area contributed by atoms with Crippen molar-refractivity contribution in [3.05, 3.63) is 72.7 Å². The topological polar surface area (TPSA) is 157 Å². The fourth-order valence-corrected chi connectivity index (χ4v) is 2.42. The SMILES string of the molecule is C/C(CC(=O)Nc1ccc(Br)cc1)=N\NC(=O)c1cc([N+](=O)[O-])cc([N+](=O)[O-])c1. The number of carbonyl (C=O) groups is 2. The maximum Gasteiger partial charge on any atom is 0.277 e. The minimum absolute atomic E-state index is 0.120. The van der Waals surface area contributed by atoms with Crippen LogP contribution in [0.5, 0.6) is 0 Å². The minimum atomic E-state index is -0.885. The molecule has 0 saturated carbocycles. The van der Waals surface area contributed by atoms with Gasteiger partial charge in [-0.15, -0.1) is 0 Å². The van der Waals surface area contributed by atoms with Crippen LogP contribution < -0.4 is 10.7 Å². The second-order valence-corrected chi connectivity index (χ2v) is 6.69. The van der Waals surface area contributed by atoms with Gasteiger partial charge in [0.25, 0.3) is 17.3 Å². The molecule has 0 heterocycles. The molecule has 150 valence electrons. The van der Waals surface area contributed by atoms with Crippen LogP contribution in [-0.2, 0) is 4.79 Å². The summed E-state index contributed by atoms with van der Waals surface area (Å²) in [6, 6.07) is 9.46. The Morgan fingerprint density at radius 3 is 2.10 bits per heavy atom. The molecule has 0 atom stereocenters. The molecule has 29 heavy (non-hydrogen) atoms. The average Bonchev–Trinajstić information content (AvgIpc) is 2.67. The monoisotopic (exact) mass is 463 g/mol. The van der Waals surface area contributed by atoms with Crippen LogP contribution in [0, 0.1) is 20.2 Å². The predicted octanol–water partition coefficient (Wildman–Crippen LogP) is 3.40. The van der Waals surface area contributed by atoms with E-state index in [0.717, 1.165) is 22.7 Å². The van der Waals surface area contributed by atoms with Gasteiger partial charge in [0, 0.05) is 28.0 Å². The summed E-state index contributed by atoms with van der Waals surface area (Å²) < 4.78 is 0.859. The third-order valence-corrected chi connectivity index (χ3v) is 4.01. The Morgan fingerprint density at radius 2 is 1.59 bits per heavy atom. The highest BCUT2D eigenvalue weighted by Gasteiger charge is 2.19. The van der Waals surface area contributed by atoms with Crippen molar-refractivity contribution in [3.8, 4) is 0 Å². The largest absolute Gasteiger partial charge is 0.326 e. The van der Waals surface area contributed by atoms with Crippen LogP contribution >= 0.6 is 15.9 Å². The van der Waals surface area contributed by atoms with Gasteiger partial charge >= 0.3 is 0 Å². The first-order valence-corrected chi connectivity index (χ1v) is 8.78. The summed E-state index contributed by atoms with van der Waals surface area (Å²) in [5, 5.41) is 28.2. The lowest BCUT2D eigenvalue weighted by Crippen LogP contribution is -2.21. The van der Waals surface area contributed by atoms with Crippen molar-refractivity contribution in [2.45, 2.75) is 13.3 Å². The number of non-ortho nitro benzene ring substituents is 2. The van der Waals surface area contributed by atoms with Gasteiger partial charge in [0.15, 0.2) is 0 Å². The molecule has 0 fully saturated rings. The number of hydrogen-bond donors (Lipinski definition) is 2. The highest BCUT2D eigenvalue weighted by molar-refractivity contribution is 9.10. The molecule has 0 aliphatic heterocycles. The number of hydrogen-bond acceptors (Lipinski definition) is 7. The second kappa shape index (κ2) is 9.50. The van der Waals surface area contributed by atoms with Crippen molar-refractivity contribution in [2.24, 2.45) is 5.10 Å². The van der Waals surface area contributed by atoms with Gasteiger partial charge in [-0.1, -0.05) is 15.9 Å². The number of nitro groups is 2. The van der Waals surface area contributed by atoms with E-state index >= 15 is 0 Å². The molecular formula is C17H14BrN5O6. The Kier molecular flexibility index (Phi) is 7.09. The number of nitro benzene ring substituents is 2. The molecule has 0 aliphatic carbocycles. The zero-order chi connectivity index (χ0) is 21.6. The summed E-state index contributed by atoms with van der Waals surface area (Å²) in [5.74, 6) is -1.25. The number of hydrazone groups is 1. The van der Waals surface area contributed by atoms with Crippen LogP contribution in [0.3, 0.4) is 0 Å². The van der Waals surface area contributed by atoms with E-state index in [2.05, 4.69) is 31.8 Å². The highest BCUT2D eigenvalue weighted by Crippen LogP contribution is 2.22. The van der Waals surface area contributed by atoms with Crippen LogP contribution in [0.25, 0.3) is 0 Å². The lowest BCUT2D eigenvalue weighted by Gasteiger charge is -2.06. The van der Waals surface area contributed by atoms with Gasteiger partial charge in [-0.2, -0.15) is 5.10 Å². The summed E-state index contributed by atoms with van der Waals surface area (Å²) in [6.45, 7) is 1.50. The Labute approximate surface area is 172 Å². The molecule has 0 aromatic heterocycles. The molecule has 0 spiro atoms. The lowest BCUT2D eigenvalue weighted by molar-refractivity contribution is -0.394. The Bertz CT molecular complexity index is 974. The first-order chi connectivity index (χ1) is 13.7. The maximum atomic E-state index is 12.1. The summed E-state index contributed by atoms with van der Waals surface area (Å²) >= 11 is 3.28. The van der Waals surface area contributed by atoms with Crippen LogP contribution in [0.15, 0.2) is 52.0 Å². The van der Waals surface area contributed by atoms with E-state index in [4.69, 9.17) is 0 Å². The molecule has 0 aliphatic rings. The zero-order valence-corrected chi connectivity index (χ0v) is 16.5. The smallest absolute Gasteiger partial charge is 0.277 e. The van der Waals surface area contributed by atoms with Gasteiger partial charge < -0.3 is 5.32 Å². The third kappa shape index (κ3) is 6.46. The van der Waals surface area contributed by atoms with E-state index in [-0.39, 0.29) is 23.6 Å². The molecule has 0 unspecified atom stereocenters. The van der Waals surface area contributed by atoms with E-state index in [1.54, 1.807) is 24.3 Å². The molecule has 11 nitrogen and oxygen atoms in total. The molecular weight excluding hydrogens is 450 g/mol. The number of rotatable bonds is 7. The van der Waals surface area contributed by atoms with Gasteiger partial charge in [0.1, 0.15) is 0 Å². The van der Waals surface area contributed by atoms with Crippen molar-refractivity contribution < 1.29 is 19.4 Å². The number of carbonyl (C=O) groups excluding carboxylic acids is 2. The van der Waals surface area contributed by atoms with Crippen LogP contribution in [0.4, 0.5) is 17.1 Å². The Hall–Kier alpha value is -3.67. The molecule has 0 saturated heterocycles. The fourth-order valence-electron chi connectivity index (χ4n) is 2.16. The number of amides is 2. The third-order valence-electron chi connectivity index (χ3n) is 3.48. The Balaban J connectivity index is 2.03. The van der Waals surface area contributed by atoms with Crippen LogP contribution in [0.2, 0.25) is 0 Å². The summed E-state index contributed by atoms with van der Waals surface area (Å²) in [7, 11) is 0. The summed E-state index contributed by atoms with van der Waals surface area (Å²) in [6.07, 6.45) is -0.120. The molecule has 0 bridgehead atoms. The number of nitrogens with zero attached hydrogens (tertiary/aromatic N) is 3. The molecule has 2 amide bonds. The second-order valence-electron chi connectivity index (χ2n) is 5.77. The first kappa shape index (κ1) is 21.6. The van der Waals surface area contributed by atoms with E-state index in [0.29, 0.717) is 5.69 Å². The van der Waals surface area contributed by atoms with Gasteiger partial charge in [-0.3, -0.25) is 29.8 Å². The van der Waals surface area contributed by atoms with E-state index < -0.39 is 27.1 Å². The molecule has 2 rings (SSSR count). The number of nitrogens with one attached hydrogen (secondary N) is 2. The van der Waals surface area contributed by atoms with Crippen molar-refractivity contribution in [3.63, 3.8) is 0 Å². The van der Waals surface area contributed by atoms with E-state index in [1.165, 1.54) is 6.92 Å². The normalized spacial score (nSPS) is 10.9. The molecule has 0 radical (unpaired) electrons. The Morgan fingerprint density at radius 1 is 1.03 bits per heavy atom. The van der Waals surface area contributed by atoms with Gasteiger partial charge in [-0.05, 0) is 31.2 Å². The lowest BCUT2D eigenvalue weighted by atomic mass is 10.1. The standard InChI is InChI=1S/C17H14BrN5O6/c1-10(6-16(24)19-13-4-2-12(18)3-5-13)20-21-17(25)11-7-14(22(26)27)9-15(8-11)23(28)29/h2-5,7-9H,6H2,1H3,(H,19,24)(H,21,25)/b20-10+. The van der Waals surface area contributed by atoms with Gasteiger partial charge in [0.05, 0.1) is 27.9 Å². The first-order valence-electron chi connectivity index (χ1n) is 7.98. The van der Waals surface area contributed by atoms with Crippen LogP contribution in [-0.4, -0.2) is 27.4 Å². The van der Waals surface area contributed by atoms with Crippen molar-refractivity contribution >= 4 is 50.5 Å². The minimum Gasteiger partial charge on any atom is -0.326 e. The van der Waals surface area contributed by atoms with Crippen molar-refractivity contribution in [1.29, 1.82) is 0 Å². The average molecular weight is 464 g/mol. The summed E-state index contributed by atoms with van der Waals surface area (Å²) in [4.78, 5) is 44.2. The highest BCUT2D eigenvalue weighted by atomic mass is 79.9. The number of benzene rings is 2. The van der Waals surface area contributed by atoms with Crippen LogP contribution in [0.1, 0.15) is 23.7 Å². The number of halogens is 1. The zero-order valence-electron chi connectivity index (χ0n) is 14.9. The number of anilines is 1. The van der Waals surface area contributed by atoms with Crippen molar-refractivity contribution in [2.75, 3.05) is 5.32 Å². The fraction of sp³-hybridized carbons (Fsp3) is 0.118. The van der Waals surface area contributed by atoms with Gasteiger partial charge in [0.2, 0.25) is 5.91 Å².